The van der Waals surface area contributed by atoms with Gasteiger partial charge in [0, 0.05) is 17.3 Å². The number of hydrogen-bond donors (Lipinski definition) is 2. The molecule has 3 heteroatoms. The molecule has 1 amide bonds. The first-order chi connectivity index (χ1) is 10.9. The Morgan fingerprint density at radius 3 is 2.35 bits per heavy atom. The standard InChI is InChI=1S/C20H23NO2/c1-20(2,3)17-11-8-15(9-12-17)10-13-19(23)21-18-7-5-4-6-16(18)14-22/h4-13,22H,14H2,1-3H3,(H,21,23)/b13-10+. The van der Waals surface area contributed by atoms with E-state index in [2.05, 4.69) is 38.2 Å². The molecule has 0 saturated carbocycles. The fraction of sp³-hybridized carbons (Fsp3) is 0.250. The Morgan fingerprint density at radius 2 is 1.74 bits per heavy atom. The molecule has 0 aliphatic carbocycles. The highest BCUT2D eigenvalue weighted by molar-refractivity contribution is 6.02. The Labute approximate surface area is 137 Å². The van der Waals surface area contributed by atoms with Crippen LogP contribution in [0.25, 0.3) is 6.08 Å². The van der Waals surface area contributed by atoms with E-state index in [9.17, 15) is 9.90 Å². The molecule has 2 aromatic rings. The molecule has 0 bridgehead atoms. The molecule has 0 aliphatic rings. The van der Waals surface area contributed by atoms with E-state index in [0.717, 1.165) is 5.56 Å². The van der Waals surface area contributed by atoms with E-state index in [1.54, 1.807) is 18.2 Å². The van der Waals surface area contributed by atoms with Gasteiger partial charge in [-0.15, -0.1) is 0 Å². The van der Waals surface area contributed by atoms with Crippen LogP contribution < -0.4 is 5.32 Å². The number of carbonyl (C=O) groups is 1. The number of para-hydroxylation sites is 1. The van der Waals surface area contributed by atoms with Gasteiger partial charge >= 0.3 is 0 Å². The molecule has 3 nitrogen and oxygen atoms in total. The van der Waals surface area contributed by atoms with Crippen molar-refractivity contribution in [2.75, 3.05) is 5.32 Å². The Hall–Kier alpha value is -2.39. The SMILES string of the molecule is CC(C)(C)c1ccc(/C=C/C(=O)Nc2ccccc2CO)cc1. The Bertz CT molecular complexity index is 694. The van der Waals surface area contributed by atoms with E-state index in [-0.39, 0.29) is 17.9 Å². The fourth-order valence-electron chi connectivity index (χ4n) is 2.22. The Morgan fingerprint density at radius 1 is 1.09 bits per heavy atom. The molecule has 2 aromatic carbocycles. The molecule has 0 fully saturated rings. The molecule has 0 radical (unpaired) electrons. The minimum Gasteiger partial charge on any atom is -0.392 e. The number of anilines is 1. The monoisotopic (exact) mass is 309 g/mol. The zero-order valence-corrected chi connectivity index (χ0v) is 13.8. The second-order valence-corrected chi connectivity index (χ2v) is 6.51. The number of benzene rings is 2. The molecule has 0 aromatic heterocycles. The first-order valence-corrected chi connectivity index (χ1v) is 7.68. The molecular formula is C20H23NO2. The lowest BCUT2D eigenvalue weighted by molar-refractivity contribution is -0.111. The molecular weight excluding hydrogens is 286 g/mol. The Kier molecular flexibility index (Phi) is 5.35. The van der Waals surface area contributed by atoms with Gasteiger partial charge in [-0.3, -0.25) is 4.79 Å². The van der Waals surface area contributed by atoms with Gasteiger partial charge < -0.3 is 10.4 Å². The highest BCUT2D eigenvalue weighted by atomic mass is 16.3. The zero-order valence-electron chi connectivity index (χ0n) is 13.8. The quantitative estimate of drug-likeness (QED) is 0.834. The average molecular weight is 309 g/mol. The normalized spacial score (nSPS) is 11.7. The topological polar surface area (TPSA) is 49.3 Å². The van der Waals surface area contributed by atoms with Crippen LogP contribution in [0.1, 0.15) is 37.5 Å². The van der Waals surface area contributed by atoms with Gasteiger partial charge in [0.25, 0.3) is 0 Å². The van der Waals surface area contributed by atoms with Crippen molar-refractivity contribution >= 4 is 17.7 Å². The van der Waals surface area contributed by atoms with Crippen LogP contribution in [0, 0.1) is 0 Å². The van der Waals surface area contributed by atoms with Gasteiger partial charge in [0.2, 0.25) is 5.91 Å². The maximum atomic E-state index is 12.0. The predicted molar refractivity (Wildman–Crippen MR) is 95.2 cm³/mol. The summed E-state index contributed by atoms with van der Waals surface area (Å²) in [7, 11) is 0. The first-order valence-electron chi connectivity index (χ1n) is 7.68. The summed E-state index contributed by atoms with van der Waals surface area (Å²) in [6.07, 6.45) is 3.28. The zero-order chi connectivity index (χ0) is 16.9. The largest absolute Gasteiger partial charge is 0.392 e. The lowest BCUT2D eigenvalue weighted by Crippen LogP contribution is -2.10. The molecule has 0 unspecified atom stereocenters. The lowest BCUT2D eigenvalue weighted by atomic mass is 9.87. The van der Waals surface area contributed by atoms with Crippen LogP contribution in [0.3, 0.4) is 0 Å². The van der Waals surface area contributed by atoms with Crippen molar-refractivity contribution in [3.63, 3.8) is 0 Å². The summed E-state index contributed by atoms with van der Waals surface area (Å²) in [5.74, 6) is -0.217. The number of amides is 1. The van der Waals surface area contributed by atoms with Crippen molar-refractivity contribution in [1.29, 1.82) is 0 Å². The fourth-order valence-corrected chi connectivity index (χ4v) is 2.22. The maximum Gasteiger partial charge on any atom is 0.248 e. The summed E-state index contributed by atoms with van der Waals surface area (Å²) in [6.45, 7) is 6.41. The molecule has 2 N–H and O–H groups in total. The van der Waals surface area contributed by atoms with Gasteiger partial charge in [-0.1, -0.05) is 63.2 Å². The third-order valence-electron chi connectivity index (χ3n) is 3.65. The summed E-state index contributed by atoms with van der Waals surface area (Å²) in [5.41, 5.74) is 3.68. The number of carbonyl (C=O) groups excluding carboxylic acids is 1. The van der Waals surface area contributed by atoms with Gasteiger partial charge in [0.05, 0.1) is 6.61 Å². The maximum absolute atomic E-state index is 12.0. The number of aliphatic hydroxyl groups is 1. The van der Waals surface area contributed by atoms with Crippen molar-refractivity contribution in [1.82, 2.24) is 0 Å². The van der Waals surface area contributed by atoms with Crippen LogP contribution in [0.15, 0.2) is 54.6 Å². The molecule has 23 heavy (non-hydrogen) atoms. The van der Waals surface area contributed by atoms with Crippen LogP contribution in [0.5, 0.6) is 0 Å². The molecule has 120 valence electrons. The van der Waals surface area contributed by atoms with Gasteiger partial charge in [0.1, 0.15) is 0 Å². The van der Waals surface area contributed by atoms with Gasteiger partial charge in [-0.05, 0) is 28.7 Å². The molecule has 0 aliphatic heterocycles. The van der Waals surface area contributed by atoms with Crippen molar-refractivity contribution in [2.24, 2.45) is 0 Å². The lowest BCUT2D eigenvalue weighted by Gasteiger charge is -2.18. The van der Waals surface area contributed by atoms with Crippen LogP contribution in [-0.2, 0) is 16.8 Å². The molecule has 0 saturated heterocycles. The molecule has 0 spiro atoms. The third kappa shape index (κ3) is 4.80. The van der Waals surface area contributed by atoms with E-state index in [0.29, 0.717) is 11.3 Å². The summed E-state index contributed by atoms with van der Waals surface area (Å²) >= 11 is 0. The molecule has 0 atom stereocenters. The molecule has 0 heterocycles. The number of nitrogens with one attached hydrogen (secondary N) is 1. The van der Waals surface area contributed by atoms with Crippen molar-refractivity contribution in [3.05, 3.63) is 71.3 Å². The van der Waals surface area contributed by atoms with E-state index in [1.165, 1.54) is 11.6 Å². The van der Waals surface area contributed by atoms with Gasteiger partial charge in [0.15, 0.2) is 0 Å². The minimum atomic E-state index is -0.217. The number of hydrogen-bond acceptors (Lipinski definition) is 2. The average Bonchev–Trinajstić information content (AvgIpc) is 2.53. The molecule has 2 rings (SSSR count). The highest BCUT2D eigenvalue weighted by Crippen LogP contribution is 2.22. The van der Waals surface area contributed by atoms with Crippen LogP contribution in [-0.4, -0.2) is 11.0 Å². The summed E-state index contributed by atoms with van der Waals surface area (Å²) in [6, 6.07) is 15.4. The van der Waals surface area contributed by atoms with Crippen molar-refractivity contribution in [2.45, 2.75) is 32.8 Å². The summed E-state index contributed by atoms with van der Waals surface area (Å²) in [4.78, 5) is 12.0. The smallest absolute Gasteiger partial charge is 0.248 e. The van der Waals surface area contributed by atoms with Gasteiger partial charge in [-0.25, -0.2) is 0 Å². The second kappa shape index (κ2) is 7.25. The van der Waals surface area contributed by atoms with E-state index >= 15 is 0 Å². The first kappa shape index (κ1) is 17.0. The second-order valence-electron chi connectivity index (χ2n) is 6.51. The van der Waals surface area contributed by atoms with Crippen LogP contribution >= 0.6 is 0 Å². The van der Waals surface area contributed by atoms with Gasteiger partial charge in [-0.2, -0.15) is 0 Å². The summed E-state index contributed by atoms with van der Waals surface area (Å²) in [5, 5.41) is 12.0. The van der Waals surface area contributed by atoms with E-state index in [1.807, 2.05) is 24.3 Å². The number of aliphatic hydroxyl groups excluding tert-OH is 1. The predicted octanol–water partition coefficient (Wildman–Crippen LogP) is 4.13. The summed E-state index contributed by atoms with van der Waals surface area (Å²) < 4.78 is 0. The highest BCUT2D eigenvalue weighted by Gasteiger charge is 2.12. The number of rotatable bonds is 4. The van der Waals surface area contributed by atoms with Crippen LogP contribution in [0.2, 0.25) is 0 Å². The van der Waals surface area contributed by atoms with E-state index in [4.69, 9.17) is 0 Å². The van der Waals surface area contributed by atoms with Crippen LogP contribution in [0.4, 0.5) is 5.69 Å². The van der Waals surface area contributed by atoms with Crippen molar-refractivity contribution < 1.29 is 9.90 Å². The minimum absolute atomic E-state index is 0.103. The third-order valence-corrected chi connectivity index (χ3v) is 3.65. The Balaban J connectivity index is 2.04. The van der Waals surface area contributed by atoms with E-state index < -0.39 is 0 Å². The van der Waals surface area contributed by atoms with Crippen molar-refractivity contribution in [3.8, 4) is 0 Å².